The molecule has 2 aliphatic heterocycles. The maximum atomic E-state index is 6.15. The van der Waals surface area contributed by atoms with Crippen molar-refractivity contribution in [2.24, 2.45) is 0 Å². The third-order valence-corrected chi connectivity index (χ3v) is 3.84. The number of rotatable bonds is 4. The van der Waals surface area contributed by atoms with Crippen LogP contribution in [0, 0.1) is 0 Å². The Morgan fingerprint density at radius 2 is 1.95 bits per heavy atom. The third kappa shape index (κ3) is 5.38. The molecule has 0 bridgehead atoms. The molecule has 0 radical (unpaired) electrons. The molecule has 4 nitrogen and oxygen atoms in total. The van der Waals surface area contributed by atoms with Gasteiger partial charge in [0.1, 0.15) is 0 Å². The van der Waals surface area contributed by atoms with Crippen LogP contribution in [0.2, 0.25) is 0 Å². The van der Waals surface area contributed by atoms with Gasteiger partial charge in [0.2, 0.25) is 0 Å². The van der Waals surface area contributed by atoms with Gasteiger partial charge in [-0.3, -0.25) is 4.90 Å². The lowest BCUT2D eigenvalue weighted by molar-refractivity contribution is -0.0427. The Labute approximate surface area is 117 Å². The highest BCUT2D eigenvalue weighted by atomic mass is 16.5. The highest BCUT2D eigenvalue weighted by Gasteiger charge is 2.28. The van der Waals surface area contributed by atoms with Crippen molar-refractivity contribution in [3.63, 3.8) is 0 Å². The fourth-order valence-corrected chi connectivity index (χ4v) is 2.83. The fourth-order valence-electron chi connectivity index (χ4n) is 2.83. The van der Waals surface area contributed by atoms with Crippen molar-refractivity contribution in [2.45, 2.75) is 64.4 Å². The number of hydrogen-bond acceptors (Lipinski definition) is 4. The predicted molar refractivity (Wildman–Crippen MR) is 77.5 cm³/mol. The molecule has 3 atom stereocenters. The second-order valence-corrected chi connectivity index (χ2v) is 7.03. The predicted octanol–water partition coefficient (Wildman–Crippen LogP) is 1.64. The lowest BCUT2D eigenvalue weighted by Gasteiger charge is -2.32. The van der Waals surface area contributed by atoms with Gasteiger partial charge in [0.05, 0.1) is 24.9 Å². The highest BCUT2D eigenvalue weighted by Crippen LogP contribution is 2.21. The van der Waals surface area contributed by atoms with Crippen molar-refractivity contribution in [1.29, 1.82) is 0 Å². The number of morpholine rings is 1. The smallest absolute Gasteiger partial charge is 0.0707 e. The molecule has 2 saturated heterocycles. The van der Waals surface area contributed by atoms with E-state index >= 15 is 0 Å². The minimum Gasteiger partial charge on any atom is -0.376 e. The van der Waals surface area contributed by atoms with Crippen LogP contribution >= 0.6 is 0 Å². The Hall–Kier alpha value is -0.160. The fraction of sp³-hybridized carbons (Fsp3) is 1.00. The average Bonchev–Trinajstić information content (AvgIpc) is 2.73. The number of ether oxygens (including phenoxy) is 2. The summed E-state index contributed by atoms with van der Waals surface area (Å²) >= 11 is 0. The molecule has 2 fully saturated rings. The monoisotopic (exact) mass is 270 g/mol. The van der Waals surface area contributed by atoms with Crippen molar-refractivity contribution in [2.75, 3.05) is 32.8 Å². The SMILES string of the molecule is CC1CN(CC2CCC(CNC(C)(C)C)O2)CCO1. The molecule has 0 saturated carbocycles. The molecular formula is C15H30N2O2. The van der Waals surface area contributed by atoms with E-state index in [2.05, 4.69) is 37.9 Å². The minimum atomic E-state index is 0.182. The van der Waals surface area contributed by atoms with Crippen LogP contribution in [-0.2, 0) is 9.47 Å². The van der Waals surface area contributed by atoms with E-state index in [1.54, 1.807) is 0 Å². The molecule has 2 heterocycles. The van der Waals surface area contributed by atoms with Crippen molar-refractivity contribution in [1.82, 2.24) is 10.2 Å². The van der Waals surface area contributed by atoms with E-state index in [-0.39, 0.29) is 5.54 Å². The van der Waals surface area contributed by atoms with Crippen LogP contribution in [0.25, 0.3) is 0 Å². The molecule has 4 heteroatoms. The summed E-state index contributed by atoms with van der Waals surface area (Å²) < 4.78 is 11.7. The summed E-state index contributed by atoms with van der Waals surface area (Å²) in [5, 5.41) is 3.54. The number of nitrogens with zero attached hydrogens (tertiary/aromatic N) is 1. The topological polar surface area (TPSA) is 33.7 Å². The maximum Gasteiger partial charge on any atom is 0.0707 e. The van der Waals surface area contributed by atoms with E-state index in [0.29, 0.717) is 18.3 Å². The normalized spacial score (nSPS) is 33.8. The molecule has 0 aliphatic carbocycles. The quantitative estimate of drug-likeness (QED) is 0.842. The third-order valence-electron chi connectivity index (χ3n) is 3.84. The van der Waals surface area contributed by atoms with Crippen LogP contribution in [0.1, 0.15) is 40.5 Å². The number of nitrogens with one attached hydrogen (secondary N) is 1. The molecule has 112 valence electrons. The molecule has 0 amide bonds. The molecule has 2 rings (SSSR count). The van der Waals surface area contributed by atoms with Gasteiger partial charge < -0.3 is 14.8 Å². The van der Waals surface area contributed by atoms with Crippen LogP contribution in [-0.4, -0.2) is 61.5 Å². The van der Waals surface area contributed by atoms with Gasteiger partial charge in [-0.15, -0.1) is 0 Å². The summed E-state index contributed by atoms with van der Waals surface area (Å²) in [4.78, 5) is 2.48. The first-order chi connectivity index (χ1) is 8.92. The van der Waals surface area contributed by atoms with Crippen molar-refractivity contribution >= 4 is 0 Å². The Balaban J connectivity index is 1.67. The lowest BCUT2D eigenvalue weighted by Crippen LogP contribution is -2.45. The van der Waals surface area contributed by atoms with Crippen LogP contribution in [0.4, 0.5) is 0 Å². The molecule has 0 aromatic heterocycles. The van der Waals surface area contributed by atoms with Gasteiger partial charge in [0, 0.05) is 31.7 Å². The Bertz CT molecular complexity index is 278. The summed E-state index contributed by atoms with van der Waals surface area (Å²) in [6.45, 7) is 13.8. The zero-order valence-electron chi connectivity index (χ0n) is 12.9. The van der Waals surface area contributed by atoms with Crippen molar-refractivity contribution < 1.29 is 9.47 Å². The average molecular weight is 270 g/mol. The van der Waals surface area contributed by atoms with Crippen molar-refractivity contribution in [3.8, 4) is 0 Å². The first-order valence-corrected chi connectivity index (χ1v) is 7.67. The largest absolute Gasteiger partial charge is 0.376 e. The van der Waals surface area contributed by atoms with Gasteiger partial charge in [-0.2, -0.15) is 0 Å². The van der Waals surface area contributed by atoms with Crippen molar-refractivity contribution in [3.05, 3.63) is 0 Å². The van der Waals surface area contributed by atoms with Gasteiger partial charge in [-0.25, -0.2) is 0 Å². The zero-order chi connectivity index (χ0) is 13.9. The Morgan fingerprint density at radius 1 is 1.21 bits per heavy atom. The van der Waals surface area contributed by atoms with Crippen LogP contribution in [0.3, 0.4) is 0 Å². The maximum absolute atomic E-state index is 6.15. The highest BCUT2D eigenvalue weighted by molar-refractivity contribution is 4.81. The zero-order valence-corrected chi connectivity index (χ0v) is 12.9. The summed E-state index contributed by atoms with van der Waals surface area (Å²) in [7, 11) is 0. The van der Waals surface area contributed by atoms with Crippen LogP contribution in [0.15, 0.2) is 0 Å². The summed E-state index contributed by atoms with van der Waals surface area (Å²) in [6, 6.07) is 0. The summed E-state index contributed by atoms with van der Waals surface area (Å²) in [6.07, 6.45) is 3.56. The van der Waals surface area contributed by atoms with Crippen LogP contribution in [0.5, 0.6) is 0 Å². The Morgan fingerprint density at radius 3 is 2.63 bits per heavy atom. The van der Waals surface area contributed by atoms with E-state index in [0.717, 1.165) is 32.8 Å². The molecule has 0 aromatic carbocycles. The second kappa shape index (κ2) is 6.53. The van der Waals surface area contributed by atoms with E-state index in [1.165, 1.54) is 12.8 Å². The Kier molecular flexibility index (Phi) is 5.23. The van der Waals surface area contributed by atoms with Gasteiger partial charge in [-0.05, 0) is 40.5 Å². The van der Waals surface area contributed by atoms with Gasteiger partial charge >= 0.3 is 0 Å². The molecular weight excluding hydrogens is 240 g/mol. The van der Waals surface area contributed by atoms with E-state index < -0.39 is 0 Å². The molecule has 0 aromatic rings. The molecule has 2 aliphatic rings. The van der Waals surface area contributed by atoms with E-state index in [1.807, 2.05) is 0 Å². The standard InChI is InChI=1S/C15H30N2O2/c1-12-10-17(7-8-18-12)11-14-6-5-13(19-14)9-16-15(2,3)4/h12-14,16H,5-11H2,1-4H3. The number of hydrogen-bond donors (Lipinski definition) is 1. The first-order valence-electron chi connectivity index (χ1n) is 7.67. The van der Waals surface area contributed by atoms with E-state index in [9.17, 15) is 0 Å². The minimum absolute atomic E-state index is 0.182. The molecule has 1 N–H and O–H groups in total. The molecule has 3 unspecified atom stereocenters. The molecule has 19 heavy (non-hydrogen) atoms. The van der Waals surface area contributed by atoms with Gasteiger partial charge in [0.15, 0.2) is 0 Å². The van der Waals surface area contributed by atoms with Gasteiger partial charge in [-0.1, -0.05) is 0 Å². The van der Waals surface area contributed by atoms with E-state index in [4.69, 9.17) is 9.47 Å². The summed E-state index contributed by atoms with van der Waals surface area (Å²) in [5.41, 5.74) is 0.182. The first kappa shape index (κ1) is 15.2. The summed E-state index contributed by atoms with van der Waals surface area (Å²) in [5.74, 6) is 0. The molecule has 0 spiro atoms. The van der Waals surface area contributed by atoms with Gasteiger partial charge in [0.25, 0.3) is 0 Å². The second-order valence-electron chi connectivity index (χ2n) is 7.03. The van der Waals surface area contributed by atoms with Crippen LogP contribution < -0.4 is 5.32 Å². The lowest BCUT2D eigenvalue weighted by atomic mass is 10.1.